The van der Waals surface area contributed by atoms with Crippen LogP contribution in [0.2, 0.25) is 0 Å². The van der Waals surface area contributed by atoms with E-state index in [0.29, 0.717) is 19.3 Å². The van der Waals surface area contributed by atoms with Crippen LogP contribution >= 0.6 is 0 Å². The maximum Gasteiger partial charge on any atom is 0.312 e. The van der Waals surface area contributed by atoms with E-state index in [1.807, 2.05) is 39.8 Å². The molecule has 1 aliphatic rings. The molecule has 0 aromatic heterocycles. The third-order valence-electron chi connectivity index (χ3n) is 3.88. The number of ether oxygens (including phenoxy) is 1. The molecule has 19 heavy (non-hydrogen) atoms. The van der Waals surface area contributed by atoms with Crippen LogP contribution in [0.1, 0.15) is 47.0 Å². The quantitative estimate of drug-likeness (QED) is 0.589. The summed E-state index contributed by atoms with van der Waals surface area (Å²) in [5.74, 6) is -0.0960. The van der Waals surface area contributed by atoms with Crippen molar-refractivity contribution in [3.63, 3.8) is 0 Å². The number of allylic oxidation sites excluding steroid dienone is 1. The molecule has 0 spiro atoms. The van der Waals surface area contributed by atoms with Crippen LogP contribution in [-0.2, 0) is 19.4 Å². The lowest BCUT2D eigenvalue weighted by atomic mass is 9.89. The van der Waals surface area contributed by atoms with Crippen LogP contribution in [0.3, 0.4) is 0 Å². The highest BCUT2D eigenvalue weighted by Crippen LogP contribution is 2.33. The Balaban J connectivity index is 2.88. The second kappa shape index (κ2) is 5.65. The van der Waals surface area contributed by atoms with Gasteiger partial charge in [0.1, 0.15) is 5.60 Å². The Labute approximate surface area is 116 Å². The van der Waals surface area contributed by atoms with Gasteiger partial charge in [-0.15, -0.1) is 0 Å². The molecule has 1 saturated heterocycles. The zero-order valence-electron chi connectivity index (χ0n) is 12.2. The van der Waals surface area contributed by atoms with Gasteiger partial charge in [0.25, 0.3) is 0 Å². The average Bonchev–Trinajstić information content (AvgIpc) is 2.33. The number of sulfone groups is 1. The molecule has 0 aromatic carbocycles. The van der Waals surface area contributed by atoms with Crippen LogP contribution in [0.25, 0.3) is 0 Å². The minimum atomic E-state index is -2.97. The Morgan fingerprint density at radius 1 is 1.32 bits per heavy atom. The first-order chi connectivity index (χ1) is 8.66. The SMILES string of the molecule is C/C=C/C1(OC(=O)C(C)(C)CC)CCS(=O)(=O)CC1. The van der Waals surface area contributed by atoms with Gasteiger partial charge in [-0.1, -0.05) is 13.0 Å². The van der Waals surface area contributed by atoms with E-state index in [1.54, 1.807) is 0 Å². The average molecular weight is 288 g/mol. The van der Waals surface area contributed by atoms with Crippen LogP contribution in [0.15, 0.2) is 12.2 Å². The molecule has 4 nitrogen and oxygen atoms in total. The number of rotatable bonds is 4. The molecule has 110 valence electrons. The summed E-state index contributed by atoms with van der Waals surface area (Å²) in [4.78, 5) is 12.2. The molecule has 0 N–H and O–H groups in total. The highest BCUT2D eigenvalue weighted by molar-refractivity contribution is 7.91. The fourth-order valence-electron chi connectivity index (χ4n) is 1.96. The van der Waals surface area contributed by atoms with Gasteiger partial charge < -0.3 is 4.74 Å². The third kappa shape index (κ3) is 4.06. The number of hydrogen-bond donors (Lipinski definition) is 0. The van der Waals surface area contributed by atoms with Crippen molar-refractivity contribution in [2.75, 3.05) is 11.5 Å². The number of carbonyl (C=O) groups is 1. The molecule has 1 heterocycles. The highest BCUT2D eigenvalue weighted by atomic mass is 32.2. The smallest absolute Gasteiger partial charge is 0.312 e. The monoisotopic (exact) mass is 288 g/mol. The normalized spacial score (nSPS) is 22.3. The van der Waals surface area contributed by atoms with Crippen molar-refractivity contribution in [2.24, 2.45) is 5.41 Å². The van der Waals surface area contributed by atoms with Gasteiger partial charge in [0.05, 0.1) is 16.9 Å². The van der Waals surface area contributed by atoms with Gasteiger partial charge in [-0.25, -0.2) is 8.42 Å². The van der Waals surface area contributed by atoms with Crippen LogP contribution in [0.4, 0.5) is 0 Å². The molecule has 0 radical (unpaired) electrons. The highest BCUT2D eigenvalue weighted by Gasteiger charge is 2.41. The van der Waals surface area contributed by atoms with E-state index in [9.17, 15) is 13.2 Å². The predicted octanol–water partition coefficient (Wildman–Crippen LogP) is 2.49. The van der Waals surface area contributed by atoms with Crippen LogP contribution in [-0.4, -0.2) is 31.5 Å². The third-order valence-corrected chi connectivity index (χ3v) is 5.53. The molecule has 1 fully saturated rings. The second-order valence-electron chi connectivity index (χ2n) is 5.84. The lowest BCUT2D eigenvalue weighted by Crippen LogP contribution is -2.44. The number of hydrogen-bond acceptors (Lipinski definition) is 4. The number of esters is 1. The molecule has 0 bridgehead atoms. The van der Waals surface area contributed by atoms with E-state index in [1.165, 1.54) is 0 Å². The summed E-state index contributed by atoms with van der Waals surface area (Å²) in [5, 5.41) is 0. The van der Waals surface area contributed by atoms with Gasteiger partial charge in [-0.2, -0.15) is 0 Å². The summed E-state index contributed by atoms with van der Waals surface area (Å²) in [6.45, 7) is 7.48. The Morgan fingerprint density at radius 3 is 2.26 bits per heavy atom. The molecule has 0 aliphatic carbocycles. The molecule has 0 saturated carbocycles. The van der Waals surface area contributed by atoms with Crippen molar-refractivity contribution in [3.8, 4) is 0 Å². The lowest BCUT2D eigenvalue weighted by molar-refractivity contribution is -0.166. The Hall–Kier alpha value is -0.840. The van der Waals surface area contributed by atoms with Crippen molar-refractivity contribution < 1.29 is 17.9 Å². The second-order valence-corrected chi connectivity index (χ2v) is 8.15. The van der Waals surface area contributed by atoms with Crippen molar-refractivity contribution in [1.29, 1.82) is 0 Å². The van der Waals surface area contributed by atoms with Crippen molar-refractivity contribution >= 4 is 15.8 Å². The Kier molecular flexibility index (Phi) is 4.82. The Morgan fingerprint density at radius 2 is 1.84 bits per heavy atom. The van der Waals surface area contributed by atoms with Crippen LogP contribution in [0.5, 0.6) is 0 Å². The van der Waals surface area contributed by atoms with E-state index < -0.39 is 20.9 Å². The first-order valence-electron chi connectivity index (χ1n) is 6.74. The summed E-state index contributed by atoms with van der Waals surface area (Å²) in [6.07, 6.45) is 5.04. The maximum atomic E-state index is 12.2. The topological polar surface area (TPSA) is 60.4 Å². The van der Waals surface area contributed by atoms with Crippen molar-refractivity contribution in [3.05, 3.63) is 12.2 Å². The van der Waals surface area contributed by atoms with Gasteiger partial charge in [0.15, 0.2) is 9.84 Å². The maximum absolute atomic E-state index is 12.2. The standard InChI is InChI=1S/C14H24O4S/c1-5-7-14(8-10-19(16,17)11-9-14)18-12(15)13(3,4)6-2/h5,7H,6,8-11H2,1-4H3/b7-5+. The van der Waals surface area contributed by atoms with Gasteiger partial charge in [-0.3, -0.25) is 4.79 Å². The molecular formula is C14H24O4S. The lowest BCUT2D eigenvalue weighted by Gasteiger charge is -2.36. The largest absolute Gasteiger partial charge is 0.454 e. The molecular weight excluding hydrogens is 264 g/mol. The summed E-state index contributed by atoms with van der Waals surface area (Å²) in [7, 11) is -2.97. The summed E-state index contributed by atoms with van der Waals surface area (Å²) in [5.41, 5.74) is -1.28. The predicted molar refractivity (Wildman–Crippen MR) is 75.6 cm³/mol. The molecule has 0 unspecified atom stereocenters. The first kappa shape index (κ1) is 16.2. The van der Waals surface area contributed by atoms with Gasteiger partial charge in [-0.05, 0) is 33.3 Å². The number of carbonyl (C=O) groups excluding carboxylic acids is 1. The fraction of sp³-hybridized carbons (Fsp3) is 0.786. The van der Waals surface area contributed by atoms with Crippen molar-refractivity contribution in [2.45, 2.75) is 52.6 Å². The fourth-order valence-corrected chi connectivity index (χ4v) is 3.47. The molecule has 0 atom stereocenters. The Bertz CT molecular complexity index is 446. The van der Waals surface area contributed by atoms with E-state index in [-0.39, 0.29) is 17.5 Å². The van der Waals surface area contributed by atoms with E-state index in [0.717, 1.165) is 0 Å². The zero-order chi connectivity index (χ0) is 14.7. The molecule has 0 aromatic rings. The first-order valence-corrected chi connectivity index (χ1v) is 8.56. The van der Waals surface area contributed by atoms with Crippen LogP contribution in [0, 0.1) is 5.41 Å². The molecule has 5 heteroatoms. The van der Waals surface area contributed by atoms with Gasteiger partial charge in [0.2, 0.25) is 0 Å². The zero-order valence-corrected chi connectivity index (χ0v) is 13.0. The summed E-state index contributed by atoms with van der Waals surface area (Å²) >= 11 is 0. The van der Waals surface area contributed by atoms with Gasteiger partial charge >= 0.3 is 5.97 Å². The van der Waals surface area contributed by atoms with Crippen LogP contribution < -0.4 is 0 Å². The molecule has 1 rings (SSSR count). The summed E-state index contributed by atoms with van der Waals surface area (Å²) < 4.78 is 28.7. The van der Waals surface area contributed by atoms with E-state index in [2.05, 4.69) is 0 Å². The van der Waals surface area contributed by atoms with Gasteiger partial charge in [0, 0.05) is 12.8 Å². The van der Waals surface area contributed by atoms with E-state index >= 15 is 0 Å². The minimum absolute atomic E-state index is 0.0805. The minimum Gasteiger partial charge on any atom is -0.454 e. The van der Waals surface area contributed by atoms with E-state index in [4.69, 9.17) is 4.74 Å². The molecule has 0 amide bonds. The van der Waals surface area contributed by atoms with Crippen molar-refractivity contribution in [1.82, 2.24) is 0 Å². The summed E-state index contributed by atoms with van der Waals surface area (Å²) in [6, 6.07) is 0. The molecule has 1 aliphatic heterocycles.